The molecule has 0 amide bonds. The van der Waals surface area contributed by atoms with E-state index in [0.29, 0.717) is 0 Å². The van der Waals surface area contributed by atoms with Gasteiger partial charge in [0.2, 0.25) is 5.95 Å². The van der Waals surface area contributed by atoms with Crippen LogP contribution in [-0.4, -0.2) is 15.0 Å². The Balaban J connectivity index is 1.56. The maximum atomic E-state index is 5.84. The molecule has 7 heteroatoms. The molecule has 0 spiro atoms. The SMILES string of the molecule is Nc1ncc2[nH]cc(-c3cc4c(c(-c5cc6c(s5)CCC=C6)c3)NNC4)c2n1. The van der Waals surface area contributed by atoms with Crippen molar-refractivity contribution in [2.45, 2.75) is 19.4 Å². The molecule has 0 radical (unpaired) electrons. The number of nitrogen functional groups attached to an aromatic ring is 1. The van der Waals surface area contributed by atoms with Gasteiger partial charge in [0, 0.05) is 33.6 Å². The van der Waals surface area contributed by atoms with E-state index in [1.807, 2.05) is 17.5 Å². The van der Waals surface area contributed by atoms with Gasteiger partial charge in [0.05, 0.1) is 17.4 Å². The number of aromatic amines is 1. The molecule has 3 aromatic heterocycles. The van der Waals surface area contributed by atoms with Crippen molar-refractivity contribution in [2.75, 3.05) is 11.2 Å². The Morgan fingerprint density at radius 2 is 2.11 bits per heavy atom. The topological polar surface area (TPSA) is 91.6 Å². The Labute approximate surface area is 165 Å². The molecule has 0 atom stereocenters. The first-order chi connectivity index (χ1) is 13.8. The number of nitrogens with two attached hydrogens (primary N) is 1. The largest absolute Gasteiger partial charge is 0.368 e. The molecule has 0 saturated heterocycles. The molecule has 138 valence electrons. The van der Waals surface area contributed by atoms with E-state index in [1.54, 1.807) is 6.20 Å². The van der Waals surface area contributed by atoms with Crippen LogP contribution in [0, 0.1) is 0 Å². The number of H-pyrrole nitrogens is 1. The highest BCUT2D eigenvalue weighted by Crippen LogP contribution is 2.43. The van der Waals surface area contributed by atoms with E-state index in [9.17, 15) is 0 Å². The first kappa shape index (κ1) is 15.9. The fraction of sp³-hybridized carbons (Fsp3) is 0.143. The van der Waals surface area contributed by atoms with Gasteiger partial charge in [-0.1, -0.05) is 12.2 Å². The van der Waals surface area contributed by atoms with E-state index in [4.69, 9.17) is 5.73 Å². The number of hydrazine groups is 1. The van der Waals surface area contributed by atoms with Crippen LogP contribution in [0.5, 0.6) is 0 Å². The van der Waals surface area contributed by atoms with Gasteiger partial charge in [0.1, 0.15) is 5.52 Å². The molecule has 4 aromatic rings. The van der Waals surface area contributed by atoms with Crippen LogP contribution in [0.2, 0.25) is 0 Å². The highest BCUT2D eigenvalue weighted by Gasteiger charge is 2.21. The lowest BCUT2D eigenvalue weighted by Crippen LogP contribution is -2.11. The molecule has 0 fully saturated rings. The van der Waals surface area contributed by atoms with Crippen LogP contribution in [0.15, 0.2) is 36.7 Å². The fourth-order valence-electron chi connectivity index (χ4n) is 4.05. The van der Waals surface area contributed by atoms with E-state index in [2.05, 4.69) is 56.2 Å². The van der Waals surface area contributed by atoms with Gasteiger partial charge in [-0.25, -0.2) is 15.4 Å². The molecule has 0 saturated carbocycles. The minimum absolute atomic E-state index is 0.288. The van der Waals surface area contributed by atoms with Gasteiger partial charge in [-0.2, -0.15) is 0 Å². The zero-order valence-corrected chi connectivity index (χ0v) is 15.9. The Bertz CT molecular complexity index is 1270. The molecule has 5 N–H and O–H groups in total. The van der Waals surface area contributed by atoms with Gasteiger partial charge in [-0.05, 0) is 47.7 Å². The maximum absolute atomic E-state index is 5.84. The molecular formula is C21H18N6S. The molecule has 1 aromatic carbocycles. The second kappa shape index (κ2) is 5.92. The lowest BCUT2D eigenvalue weighted by molar-refractivity contribution is 0.860. The lowest BCUT2D eigenvalue weighted by Gasteiger charge is -2.10. The normalized spacial score (nSPS) is 14.9. The second-order valence-corrected chi connectivity index (χ2v) is 8.30. The molecule has 6 rings (SSSR count). The molecule has 1 aliphatic heterocycles. The lowest BCUT2D eigenvalue weighted by atomic mass is 9.97. The van der Waals surface area contributed by atoms with Crippen molar-refractivity contribution in [1.82, 2.24) is 20.4 Å². The summed E-state index contributed by atoms with van der Waals surface area (Å²) in [4.78, 5) is 14.6. The Morgan fingerprint density at radius 1 is 1.14 bits per heavy atom. The van der Waals surface area contributed by atoms with Gasteiger partial charge in [-0.15, -0.1) is 11.3 Å². The number of aromatic nitrogens is 3. The predicted octanol–water partition coefficient (Wildman–Crippen LogP) is 4.33. The first-order valence-corrected chi connectivity index (χ1v) is 10.1. The Kier molecular flexibility index (Phi) is 3.35. The minimum atomic E-state index is 0.288. The van der Waals surface area contributed by atoms with Crippen molar-refractivity contribution in [2.24, 2.45) is 0 Å². The third-order valence-electron chi connectivity index (χ3n) is 5.40. The van der Waals surface area contributed by atoms with E-state index >= 15 is 0 Å². The standard InChI is InChI=1S/C21H18N6S/c22-21-24-10-16-20(26-21)15(9-23-16)12-5-13-8-25-27-19(13)14(6-12)18-7-11-3-1-2-4-17(11)28-18/h1,3,5-7,9-10,23,25,27H,2,4,8H2,(H2,22,24,26). The number of benzene rings is 1. The van der Waals surface area contributed by atoms with Crippen molar-refractivity contribution >= 4 is 40.1 Å². The van der Waals surface area contributed by atoms with Gasteiger partial charge < -0.3 is 16.1 Å². The Hall–Kier alpha value is -3.16. The number of rotatable bonds is 2. The first-order valence-electron chi connectivity index (χ1n) is 9.31. The van der Waals surface area contributed by atoms with Gasteiger partial charge in [-0.3, -0.25) is 0 Å². The quantitative estimate of drug-likeness (QED) is 0.412. The van der Waals surface area contributed by atoms with Crippen LogP contribution < -0.4 is 16.6 Å². The molecule has 0 unspecified atom stereocenters. The van der Waals surface area contributed by atoms with Crippen LogP contribution in [0.25, 0.3) is 38.7 Å². The minimum Gasteiger partial charge on any atom is -0.368 e. The third kappa shape index (κ3) is 2.37. The highest BCUT2D eigenvalue weighted by atomic mass is 32.1. The zero-order valence-electron chi connectivity index (χ0n) is 15.0. The number of hydrogen-bond donors (Lipinski definition) is 4. The van der Waals surface area contributed by atoms with Crippen LogP contribution in [0.1, 0.15) is 22.4 Å². The summed E-state index contributed by atoms with van der Waals surface area (Å²) in [5.74, 6) is 0.288. The summed E-state index contributed by atoms with van der Waals surface area (Å²) in [5, 5.41) is 0. The summed E-state index contributed by atoms with van der Waals surface area (Å²) in [6.07, 6.45) is 10.5. The molecule has 2 aliphatic rings. The summed E-state index contributed by atoms with van der Waals surface area (Å²) in [7, 11) is 0. The van der Waals surface area contributed by atoms with E-state index in [-0.39, 0.29) is 5.95 Å². The second-order valence-electron chi connectivity index (χ2n) is 7.16. The van der Waals surface area contributed by atoms with E-state index in [1.165, 1.54) is 32.1 Å². The predicted molar refractivity (Wildman–Crippen MR) is 115 cm³/mol. The fourth-order valence-corrected chi connectivity index (χ4v) is 5.24. The highest BCUT2D eigenvalue weighted by molar-refractivity contribution is 7.15. The average Bonchev–Trinajstić information content (AvgIpc) is 3.43. The van der Waals surface area contributed by atoms with Crippen LogP contribution >= 0.6 is 11.3 Å². The number of fused-ring (bicyclic) bond motifs is 3. The molecule has 0 bridgehead atoms. The number of hydrogen-bond acceptors (Lipinski definition) is 6. The van der Waals surface area contributed by atoms with Crippen molar-refractivity contribution in [3.05, 3.63) is 52.7 Å². The number of nitrogens with zero attached hydrogens (tertiary/aromatic N) is 2. The summed E-state index contributed by atoms with van der Waals surface area (Å²) in [6.45, 7) is 0.792. The van der Waals surface area contributed by atoms with Gasteiger partial charge >= 0.3 is 0 Å². The number of aryl methyl sites for hydroxylation is 1. The zero-order chi connectivity index (χ0) is 18.7. The molecule has 1 aliphatic carbocycles. The number of thiophene rings is 1. The molecule has 6 nitrogen and oxygen atoms in total. The number of nitrogens with one attached hydrogen (secondary N) is 3. The average molecular weight is 386 g/mol. The molecule has 28 heavy (non-hydrogen) atoms. The monoisotopic (exact) mass is 386 g/mol. The summed E-state index contributed by atoms with van der Waals surface area (Å²) >= 11 is 1.89. The summed E-state index contributed by atoms with van der Waals surface area (Å²) < 4.78 is 0. The van der Waals surface area contributed by atoms with Crippen LogP contribution in [0.4, 0.5) is 11.6 Å². The van der Waals surface area contributed by atoms with Crippen molar-refractivity contribution in [3.63, 3.8) is 0 Å². The van der Waals surface area contributed by atoms with Crippen molar-refractivity contribution in [3.8, 4) is 21.6 Å². The molecular weight excluding hydrogens is 368 g/mol. The maximum Gasteiger partial charge on any atom is 0.220 e. The summed E-state index contributed by atoms with van der Waals surface area (Å²) in [6, 6.07) is 6.78. The Morgan fingerprint density at radius 3 is 3.04 bits per heavy atom. The van der Waals surface area contributed by atoms with Crippen molar-refractivity contribution < 1.29 is 0 Å². The summed E-state index contributed by atoms with van der Waals surface area (Å²) in [5.41, 5.74) is 21.4. The third-order valence-corrected chi connectivity index (χ3v) is 6.64. The number of allylic oxidation sites excluding steroid dienone is 1. The van der Waals surface area contributed by atoms with Gasteiger partial charge in [0.25, 0.3) is 0 Å². The van der Waals surface area contributed by atoms with E-state index < -0.39 is 0 Å². The van der Waals surface area contributed by atoms with Crippen LogP contribution in [-0.2, 0) is 13.0 Å². The number of anilines is 2. The molecule has 4 heterocycles. The smallest absolute Gasteiger partial charge is 0.220 e. The van der Waals surface area contributed by atoms with Crippen molar-refractivity contribution in [1.29, 1.82) is 0 Å². The van der Waals surface area contributed by atoms with Gasteiger partial charge in [0.15, 0.2) is 0 Å². The van der Waals surface area contributed by atoms with E-state index in [0.717, 1.165) is 41.5 Å². The van der Waals surface area contributed by atoms with Crippen LogP contribution in [0.3, 0.4) is 0 Å².